The zero-order valence-electron chi connectivity index (χ0n) is 11.2. The summed E-state index contributed by atoms with van der Waals surface area (Å²) in [6.45, 7) is 1.50. The van der Waals surface area contributed by atoms with Gasteiger partial charge in [0.1, 0.15) is 5.69 Å². The number of aliphatic carboxylic acids is 1. The van der Waals surface area contributed by atoms with Crippen LogP contribution in [0.25, 0.3) is 0 Å². The van der Waals surface area contributed by atoms with Crippen LogP contribution < -0.4 is 5.32 Å². The van der Waals surface area contributed by atoms with E-state index in [2.05, 4.69) is 5.32 Å². The summed E-state index contributed by atoms with van der Waals surface area (Å²) in [5, 5.41) is 11.3. The van der Waals surface area contributed by atoms with E-state index in [9.17, 15) is 18.4 Å². The van der Waals surface area contributed by atoms with Crippen molar-refractivity contribution in [2.45, 2.75) is 32.7 Å². The van der Waals surface area contributed by atoms with Crippen molar-refractivity contribution in [2.75, 3.05) is 6.54 Å². The molecule has 0 radical (unpaired) electrons. The lowest BCUT2D eigenvalue weighted by molar-refractivity contribution is -0.138. The number of carbonyl (C=O) groups excluding carboxylic acids is 1. The number of nitrogens with zero attached hydrogens (tertiary/aromatic N) is 1. The van der Waals surface area contributed by atoms with Crippen molar-refractivity contribution < 1.29 is 23.5 Å². The molecule has 0 aliphatic carbocycles. The fourth-order valence-corrected chi connectivity index (χ4v) is 1.86. The molecule has 0 aromatic carbocycles. The van der Waals surface area contributed by atoms with Gasteiger partial charge in [0, 0.05) is 19.2 Å². The van der Waals surface area contributed by atoms with Gasteiger partial charge in [0.05, 0.1) is 6.54 Å². The van der Waals surface area contributed by atoms with E-state index in [-0.39, 0.29) is 24.6 Å². The Kier molecular flexibility index (Phi) is 6.14. The predicted octanol–water partition coefficient (Wildman–Crippen LogP) is 1.98. The predicted molar refractivity (Wildman–Crippen MR) is 68.8 cm³/mol. The van der Waals surface area contributed by atoms with Gasteiger partial charge in [-0.1, -0.05) is 13.3 Å². The van der Waals surface area contributed by atoms with Crippen molar-refractivity contribution in [3.8, 4) is 0 Å². The summed E-state index contributed by atoms with van der Waals surface area (Å²) in [7, 11) is 0. The number of carbonyl (C=O) groups is 2. The Morgan fingerprint density at radius 1 is 1.45 bits per heavy atom. The standard InChI is InChI=1S/C13H18F2N2O3/c1-2-9(6-12(18)19)7-16-13(20)10-4-3-5-17(10)8-11(14)15/h3-5,9,11H,2,6-8H2,1H3,(H,16,20)(H,18,19). The maximum Gasteiger partial charge on any atom is 0.303 e. The maximum atomic E-state index is 12.3. The zero-order valence-corrected chi connectivity index (χ0v) is 11.2. The molecule has 0 saturated heterocycles. The lowest BCUT2D eigenvalue weighted by atomic mass is 10.0. The molecule has 7 heteroatoms. The number of carboxylic acid groups (broad SMARTS) is 1. The Hall–Kier alpha value is -1.92. The van der Waals surface area contributed by atoms with E-state index in [1.165, 1.54) is 22.9 Å². The molecule has 0 spiro atoms. The van der Waals surface area contributed by atoms with Crippen LogP contribution in [0.2, 0.25) is 0 Å². The molecule has 0 aliphatic rings. The Morgan fingerprint density at radius 2 is 2.15 bits per heavy atom. The largest absolute Gasteiger partial charge is 0.481 e. The van der Waals surface area contributed by atoms with Crippen LogP contribution in [-0.4, -0.2) is 34.5 Å². The molecule has 112 valence electrons. The average molecular weight is 288 g/mol. The first kappa shape index (κ1) is 16.1. The topological polar surface area (TPSA) is 71.3 Å². The Morgan fingerprint density at radius 3 is 2.70 bits per heavy atom. The van der Waals surface area contributed by atoms with Gasteiger partial charge < -0.3 is 15.0 Å². The lowest BCUT2D eigenvalue weighted by Crippen LogP contribution is -2.31. The van der Waals surface area contributed by atoms with Gasteiger partial charge in [-0.25, -0.2) is 8.78 Å². The molecule has 5 nitrogen and oxygen atoms in total. The Labute approximate surface area is 115 Å². The van der Waals surface area contributed by atoms with E-state index in [0.29, 0.717) is 6.42 Å². The number of alkyl halides is 2. The SMILES string of the molecule is CCC(CNC(=O)c1cccn1CC(F)F)CC(=O)O. The minimum absolute atomic E-state index is 0.0329. The number of halogens is 2. The summed E-state index contributed by atoms with van der Waals surface area (Å²) < 4.78 is 25.9. The van der Waals surface area contributed by atoms with Crippen LogP contribution in [0.5, 0.6) is 0 Å². The summed E-state index contributed by atoms with van der Waals surface area (Å²) in [5.74, 6) is -1.57. The Balaban J connectivity index is 2.58. The third kappa shape index (κ3) is 4.99. The Bertz CT molecular complexity index is 460. The minimum Gasteiger partial charge on any atom is -0.481 e. The summed E-state index contributed by atoms with van der Waals surface area (Å²) in [6.07, 6.45) is -0.543. The van der Waals surface area contributed by atoms with Gasteiger partial charge in [0.25, 0.3) is 12.3 Å². The first-order chi connectivity index (χ1) is 9.43. The quantitative estimate of drug-likeness (QED) is 0.768. The van der Waals surface area contributed by atoms with E-state index in [1.54, 1.807) is 0 Å². The van der Waals surface area contributed by atoms with Gasteiger partial charge in [0.2, 0.25) is 0 Å². The molecule has 2 N–H and O–H groups in total. The summed E-state index contributed by atoms with van der Waals surface area (Å²) in [5.41, 5.74) is 0.149. The van der Waals surface area contributed by atoms with E-state index in [1.807, 2.05) is 6.92 Å². The molecule has 0 aliphatic heterocycles. The van der Waals surface area contributed by atoms with Gasteiger partial charge in [-0.15, -0.1) is 0 Å². The molecule has 0 fully saturated rings. The monoisotopic (exact) mass is 288 g/mol. The maximum absolute atomic E-state index is 12.3. The van der Waals surface area contributed by atoms with Crippen LogP contribution in [0.3, 0.4) is 0 Å². The highest BCUT2D eigenvalue weighted by Crippen LogP contribution is 2.09. The lowest BCUT2D eigenvalue weighted by Gasteiger charge is -2.14. The summed E-state index contributed by atoms with van der Waals surface area (Å²) in [4.78, 5) is 22.5. The minimum atomic E-state index is -2.54. The number of rotatable bonds is 8. The fraction of sp³-hybridized carbons (Fsp3) is 0.538. The third-order valence-electron chi connectivity index (χ3n) is 2.99. The van der Waals surface area contributed by atoms with Crippen molar-refractivity contribution in [3.05, 3.63) is 24.0 Å². The molecule has 1 amide bonds. The summed E-state index contributed by atoms with van der Waals surface area (Å²) in [6, 6.07) is 2.97. The van der Waals surface area contributed by atoms with E-state index >= 15 is 0 Å². The molecule has 1 heterocycles. The van der Waals surface area contributed by atoms with Gasteiger partial charge in [-0.05, 0) is 18.1 Å². The first-order valence-electron chi connectivity index (χ1n) is 6.37. The number of carboxylic acids is 1. The van der Waals surface area contributed by atoms with Crippen molar-refractivity contribution in [1.29, 1.82) is 0 Å². The molecule has 0 saturated carbocycles. The van der Waals surface area contributed by atoms with Crippen LogP contribution in [0, 0.1) is 5.92 Å². The van der Waals surface area contributed by atoms with Crippen LogP contribution in [-0.2, 0) is 11.3 Å². The molecule has 1 aromatic heterocycles. The molecule has 1 rings (SSSR count). The normalized spacial score (nSPS) is 12.4. The second-order valence-corrected chi connectivity index (χ2v) is 4.52. The van der Waals surface area contributed by atoms with Crippen molar-refractivity contribution >= 4 is 11.9 Å². The highest BCUT2D eigenvalue weighted by molar-refractivity contribution is 5.92. The zero-order chi connectivity index (χ0) is 15.1. The number of hydrogen-bond donors (Lipinski definition) is 2. The number of hydrogen-bond acceptors (Lipinski definition) is 2. The van der Waals surface area contributed by atoms with Crippen molar-refractivity contribution in [1.82, 2.24) is 9.88 Å². The van der Waals surface area contributed by atoms with E-state index in [4.69, 9.17) is 5.11 Å². The smallest absolute Gasteiger partial charge is 0.303 e. The molecule has 1 unspecified atom stereocenters. The van der Waals surface area contributed by atoms with Gasteiger partial charge >= 0.3 is 5.97 Å². The van der Waals surface area contributed by atoms with E-state index < -0.39 is 24.8 Å². The fourth-order valence-electron chi connectivity index (χ4n) is 1.86. The molecule has 1 atom stereocenters. The van der Waals surface area contributed by atoms with Gasteiger partial charge in [-0.2, -0.15) is 0 Å². The molecule has 1 aromatic rings. The van der Waals surface area contributed by atoms with Crippen LogP contribution >= 0.6 is 0 Å². The number of aromatic nitrogens is 1. The highest BCUT2D eigenvalue weighted by atomic mass is 19.3. The van der Waals surface area contributed by atoms with Crippen molar-refractivity contribution in [2.24, 2.45) is 5.92 Å². The second kappa shape index (κ2) is 7.62. The molecule has 0 bridgehead atoms. The van der Waals surface area contributed by atoms with Gasteiger partial charge in [-0.3, -0.25) is 9.59 Å². The first-order valence-corrected chi connectivity index (χ1v) is 6.37. The van der Waals surface area contributed by atoms with Gasteiger partial charge in [0.15, 0.2) is 0 Å². The third-order valence-corrected chi connectivity index (χ3v) is 2.99. The average Bonchev–Trinajstić information content (AvgIpc) is 2.80. The highest BCUT2D eigenvalue weighted by Gasteiger charge is 2.16. The second-order valence-electron chi connectivity index (χ2n) is 4.52. The molecular weight excluding hydrogens is 270 g/mol. The molecular formula is C13H18F2N2O3. The number of nitrogens with one attached hydrogen (secondary N) is 1. The molecule has 20 heavy (non-hydrogen) atoms. The van der Waals surface area contributed by atoms with Crippen LogP contribution in [0.1, 0.15) is 30.3 Å². The van der Waals surface area contributed by atoms with E-state index in [0.717, 1.165) is 0 Å². The summed E-state index contributed by atoms with van der Waals surface area (Å²) >= 11 is 0. The number of amides is 1. The van der Waals surface area contributed by atoms with Crippen molar-refractivity contribution in [3.63, 3.8) is 0 Å². The van der Waals surface area contributed by atoms with Crippen LogP contribution in [0.15, 0.2) is 18.3 Å². The van der Waals surface area contributed by atoms with Crippen LogP contribution in [0.4, 0.5) is 8.78 Å².